The predicted molar refractivity (Wildman–Crippen MR) is 200 cm³/mol. The molecule has 6 rings (SSSR count). The van der Waals surface area contributed by atoms with Gasteiger partial charge in [0, 0.05) is 27.7 Å². The fourth-order valence-electron chi connectivity index (χ4n) is 6.48. The number of benzene rings is 3. The molecule has 5 nitrogen and oxygen atoms in total. The number of nitrogens with zero attached hydrogens (tertiary/aromatic N) is 1. The van der Waals surface area contributed by atoms with Crippen LogP contribution in [0.2, 0.25) is 5.02 Å². The van der Waals surface area contributed by atoms with Gasteiger partial charge < -0.3 is 20.7 Å². The Balaban J connectivity index is 0.000000602. The van der Waals surface area contributed by atoms with Gasteiger partial charge in [0.2, 0.25) is 0 Å². The van der Waals surface area contributed by atoms with Gasteiger partial charge in [-0.25, -0.2) is 4.98 Å². The summed E-state index contributed by atoms with van der Waals surface area (Å²) in [7, 11) is 0. The van der Waals surface area contributed by atoms with Gasteiger partial charge in [-0.3, -0.25) is 0 Å². The molecule has 49 heavy (non-hydrogen) atoms. The molecule has 2 aliphatic rings. The number of fused-ring (bicyclic) bond motifs is 1. The first-order valence-corrected chi connectivity index (χ1v) is 18.6. The SMILES string of the molecule is CC(C)(O)c1ccccc1CCC(SCC1(CC(=O)[O-])CC1)c1cccc(/C=C/c2ccc3ccc(Cl)cc3n2)c1.NC1CCCCC1.[Na+]. The number of nitrogens with two attached hydrogens (primary N) is 1. The quantitative estimate of drug-likeness (QED) is 0.178. The zero-order valence-electron chi connectivity index (χ0n) is 29.2. The number of carbonyl (C=O) groups is 1. The Hall–Kier alpha value is -2.16. The maximum atomic E-state index is 11.4. The van der Waals surface area contributed by atoms with Crippen molar-refractivity contribution < 1.29 is 44.6 Å². The van der Waals surface area contributed by atoms with E-state index in [4.69, 9.17) is 22.3 Å². The second-order valence-corrected chi connectivity index (χ2v) is 15.7. The van der Waals surface area contributed by atoms with E-state index >= 15 is 0 Å². The van der Waals surface area contributed by atoms with Gasteiger partial charge in [-0.1, -0.05) is 97.6 Å². The van der Waals surface area contributed by atoms with E-state index in [2.05, 4.69) is 36.4 Å². The van der Waals surface area contributed by atoms with Crippen LogP contribution in [0, 0.1) is 5.41 Å². The number of carboxylic acid groups (broad SMARTS) is 1. The second kappa shape index (κ2) is 18.4. The van der Waals surface area contributed by atoms with Crippen molar-refractivity contribution in [2.24, 2.45) is 11.1 Å². The first-order chi connectivity index (χ1) is 23.0. The van der Waals surface area contributed by atoms with E-state index in [1.165, 1.54) is 37.7 Å². The molecular formula is C41H48ClN2NaO3S. The van der Waals surface area contributed by atoms with Crippen LogP contribution in [-0.4, -0.2) is 27.9 Å². The number of halogens is 1. The molecule has 2 aliphatic carbocycles. The molecule has 0 radical (unpaired) electrons. The summed E-state index contributed by atoms with van der Waals surface area (Å²) in [6, 6.07) is 26.9. The smallest absolute Gasteiger partial charge is 0.550 e. The molecule has 0 bridgehead atoms. The molecule has 2 fully saturated rings. The fourth-order valence-corrected chi connectivity index (χ4v) is 8.21. The minimum absolute atomic E-state index is 0. The number of aliphatic hydroxyl groups is 1. The first-order valence-electron chi connectivity index (χ1n) is 17.2. The van der Waals surface area contributed by atoms with Crippen LogP contribution in [0.25, 0.3) is 23.1 Å². The maximum Gasteiger partial charge on any atom is 1.00 e. The van der Waals surface area contributed by atoms with Crippen molar-refractivity contribution >= 4 is 52.4 Å². The van der Waals surface area contributed by atoms with Gasteiger partial charge in [0.05, 0.1) is 16.8 Å². The third-order valence-electron chi connectivity index (χ3n) is 9.47. The number of hydrogen-bond donors (Lipinski definition) is 2. The second-order valence-electron chi connectivity index (χ2n) is 14.1. The molecule has 1 heterocycles. The van der Waals surface area contributed by atoms with E-state index in [9.17, 15) is 15.0 Å². The number of thioether (sulfide) groups is 1. The minimum Gasteiger partial charge on any atom is -0.550 e. The van der Waals surface area contributed by atoms with Gasteiger partial charge >= 0.3 is 29.6 Å². The van der Waals surface area contributed by atoms with Crippen LogP contribution in [0.3, 0.4) is 0 Å². The molecule has 3 aromatic carbocycles. The molecule has 254 valence electrons. The van der Waals surface area contributed by atoms with Gasteiger partial charge in [-0.05, 0) is 116 Å². The molecule has 1 aromatic heterocycles. The monoisotopic (exact) mass is 706 g/mol. The number of hydrogen-bond acceptors (Lipinski definition) is 6. The Kier molecular flexibility index (Phi) is 14.9. The summed E-state index contributed by atoms with van der Waals surface area (Å²) in [6.45, 7) is 3.65. The summed E-state index contributed by atoms with van der Waals surface area (Å²) in [5.41, 5.74) is 10.7. The van der Waals surface area contributed by atoms with Crippen LogP contribution in [0.15, 0.2) is 78.9 Å². The van der Waals surface area contributed by atoms with E-state index in [1.807, 2.05) is 80.2 Å². The minimum atomic E-state index is -0.963. The van der Waals surface area contributed by atoms with E-state index in [0.29, 0.717) is 11.1 Å². The average molecular weight is 707 g/mol. The Bertz CT molecular complexity index is 1710. The van der Waals surface area contributed by atoms with Crippen molar-refractivity contribution in [3.8, 4) is 0 Å². The van der Waals surface area contributed by atoms with Gasteiger partial charge in [0.15, 0.2) is 0 Å². The normalized spacial score (nSPS) is 16.4. The third-order valence-corrected chi connectivity index (χ3v) is 11.4. The molecule has 4 aromatic rings. The number of aromatic nitrogens is 1. The fraction of sp³-hybridized carbons (Fsp3) is 0.415. The summed E-state index contributed by atoms with van der Waals surface area (Å²) >= 11 is 8.01. The molecule has 3 N–H and O–H groups in total. The third kappa shape index (κ3) is 12.2. The van der Waals surface area contributed by atoms with Crippen molar-refractivity contribution in [2.75, 3.05) is 5.75 Å². The Morgan fingerprint density at radius 2 is 1.78 bits per heavy atom. The van der Waals surface area contributed by atoms with E-state index in [0.717, 1.165) is 64.7 Å². The Labute approximate surface area is 323 Å². The molecule has 1 unspecified atom stereocenters. The van der Waals surface area contributed by atoms with Gasteiger partial charge in [-0.2, -0.15) is 11.8 Å². The van der Waals surface area contributed by atoms with E-state index < -0.39 is 11.6 Å². The first kappa shape index (κ1) is 39.6. The Morgan fingerprint density at radius 1 is 1.04 bits per heavy atom. The standard InChI is InChI=1S/C35H36ClNO3S.C6H13N.Na/c1-34(2,40)30-9-4-3-7-25(30)13-17-32(41-23-35(18-19-35)22-33(38)39)27-8-5-6-24(20-27)10-15-29-16-12-26-11-14-28(36)21-31(26)37-29;7-6-4-2-1-3-5-6;/h3-12,14-16,20-21,32,40H,13,17-19,22-23H2,1-2H3,(H,38,39);6H,1-5,7H2;/q;;+1/p-1/b15-10+;;. The zero-order valence-corrected chi connectivity index (χ0v) is 32.7. The number of carboxylic acids is 1. The summed E-state index contributed by atoms with van der Waals surface area (Å²) in [5, 5.41) is 24.0. The molecule has 2 saturated carbocycles. The molecule has 0 saturated heterocycles. The van der Waals surface area contributed by atoms with Crippen LogP contribution in [0.1, 0.15) is 105 Å². The average Bonchev–Trinajstić information content (AvgIpc) is 3.82. The number of aliphatic carboxylic acids is 1. The molecule has 8 heteroatoms. The van der Waals surface area contributed by atoms with Crippen molar-refractivity contribution in [3.63, 3.8) is 0 Å². The molecular weight excluding hydrogens is 659 g/mol. The zero-order chi connectivity index (χ0) is 34.1. The maximum absolute atomic E-state index is 11.4. The largest absolute Gasteiger partial charge is 1.00 e. The Morgan fingerprint density at radius 3 is 2.45 bits per heavy atom. The molecule has 0 aliphatic heterocycles. The van der Waals surface area contributed by atoms with Crippen LogP contribution >= 0.6 is 23.4 Å². The number of rotatable bonds is 12. The summed E-state index contributed by atoms with van der Waals surface area (Å²) in [5.74, 6) is -0.168. The van der Waals surface area contributed by atoms with Crippen molar-refractivity contribution in [2.45, 2.75) is 94.9 Å². The molecule has 0 spiro atoms. The van der Waals surface area contributed by atoms with E-state index in [1.54, 1.807) is 0 Å². The van der Waals surface area contributed by atoms with Gasteiger partial charge in [0.25, 0.3) is 0 Å². The topological polar surface area (TPSA) is 99.3 Å². The molecule has 1 atom stereocenters. The van der Waals surface area contributed by atoms with Gasteiger partial charge in [0.1, 0.15) is 0 Å². The van der Waals surface area contributed by atoms with Crippen LogP contribution in [0.5, 0.6) is 0 Å². The van der Waals surface area contributed by atoms with Crippen molar-refractivity contribution in [1.29, 1.82) is 0 Å². The summed E-state index contributed by atoms with van der Waals surface area (Å²) < 4.78 is 0. The van der Waals surface area contributed by atoms with Crippen LogP contribution in [-0.2, 0) is 16.8 Å². The van der Waals surface area contributed by atoms with Crippen molar-refractivity contribution in [3.05, 3.63) is 112 Å². The number of aryl methyl sites for hydroxylation is 1. The molecule has 0 amide bonds. The number of carbonyl (C=O) groups excluding carboxylic acids is 1. The number of pyridine rings is 1. The van der Waals surface area contributed by atoms with Crippen LogP contribution in [0.4, 0.5) is 0 Å². The van der Waals surface area contributed by atoms with Gasteiger partial charge in [-0.15, -0.1) is 0 Å². The van der Waals surface area contributed by atoms with Crippen molar-refractivity contribution in [1.82, 2.24) is 4.98 Å². The van der Waals surface area contributed by atoms with Crippen LogP contribution < -0.4 is 40.4 Å². The van der Waals surface area contributed by atoms with E-state index in [-0.39, 0.29) is 46.6 Å². The summed E-state index contributed by atoms with van der Waals surface area (Å²) in [4.78, 5) is 16.1. The predicted octanol–water partition coefficient (Wildman–Crippen LogP) is 5.90. The summed E-state index contributed by atoms with van der Waals surface area (Å²) in [6.07, 6.45) is 14.4.